The van der Waals surface area contributed by atoms with Gasteiger partial charge in [0.25, 0.3) is 0 Å². The van der Waals surface area contributed by atoms with E-state index in [-0.39, 0.29) is 0 Å². The molecule has 32 heavy (non-hydrogen) atoms. The number of nitrogens with zero attached hydrogens (tertiary/aromatic N) is 2. The van der Waals surface area contributed by atoms with Crippen LogP contribution in [-0.4, -0.2) is 24.8 Å². The number of aliphatic imine (C=N–C) groups is 1. The topological polar surface area (TPSA) is 80.9 Å². The van der Waals surface area contributed by atoms with Crippen LogP contribution in [0.15, 0.2) is 64.1 Å². The zero-order valence-electron chi connectivity index (χ0n) is 19.2. The zero-order valence-corrected chi connectivity index (χ0v) is 19.2. The number of nitrogens with one attached hydrogen (secondary N) is 2. The van der Waals surface area contributed by atoms with Crippen LogP contribution in [0, 0.1) is 0 Å². The maximum absolute atomic E-state index is 5.94. The summed E-state index contributed by atoms with van der Waals surface area (Å²) in [5.41, 5.74) is 3.08. The van der Waals surface area contributed by atoms with Gasteiger partial charge in [-0.1, -0.05) is 55.4 Å². The molecule has 0 spiro atoms. The van der Waals surface area contributed by atoms with Crippen LogP contribution in [-0.2, 0) is 19.7 Å². The van der Waals surface area contributed by atoms with Gasteiger partial charge in [0.1, 0.15) is 6.61 Å². The average Bonchev–Trinajstić information content (AvgIpc) is 3.30. The van der Waals surface area contributed by atoms with Crippen LogP contribution < -0.4 is 20.1 Å². The standard InChI is InChI=1S/C25H32N4O3/c1-5-26-25(28-16-21-14-22(18(2)3)29-32-21)27-15-20-11-12-23(24(13-20)30-4)31-17-19-9-7-6-8-10-19/h6-14,18H,5,15-17H2,1-4H3,(H2,26,27,28). The lowest BCUT2D eigenvalue weighted by molar-refractivity contribution is 0.284. The van der Waals surface area contributed by atoms with E-state index in [4.69, 9.17) is 14.0 Å². The molecular formula is C25H32N4O3. The molecule has 0 aliphatic heterocycles. The van der Waals surface area contributed by atoms with Gasteiger partial charge in [-0.25, -0.2) is 4.99 Å². The molecule has 0 aliphatic carbocycles. The molecule has 2 aromatic carbocycles. The maximum Gasteiger partial charge on any atom is 0.191 e. The van der Waals surface area contributed by atoms with Gasteiger partial charge in [0.15, 0.2) is 23.2 Å². The smallest absolute Gasteiger partial charge is 0.191 e. The van der Waals surface area contributed by atoms with Gasteiger partial charge in [-0.05, 0) is 36.1 Å². The van der Waals surface area contributed by atoms with Crippen molar-refractivity contribution in [3.05, 3.63) is 77.2 Å². The van der Waals surface area contributed by atoms with Gasteiger partial charge in [0, 0.05) is 12.6 Å². The van der Waals surface area contributed by atoms with E-state index in [0.717, 1.165) is 29.1 Å². The normalized spacial score (nSPS) is 11.5. The Morgan fingerprint density at radius 3 is 2.53 bits per heavy atom. The molecule has 0 bridgehead atoms. The second-order valence-electron chi connectivity index (χ2n) is 7.68. The Morgan fingerprint density at radius 2 is 1.84 bits per heavy atom. The van der Waals surface area contributed by atoms with Crippen LogP contribution in [0.1, 0.15) is 49.3 Å². The summed E-state index contributed by atoms with van der Waals surface area (Å²) in [5.74, 6) is 3.22. The third-order valence-corrected chi connectivity index (χ3v) is 4.83. The molecule has 0 fully saturated rings. The van der Waals surface area contributed by atoms with Crippen LogP contribution in [0.25, 0.3) is 0 Å². The highest BCUT2D eigenvalue weighted by Gasteiger charge is 2.09. The van der Waals surface area contributed by atoms with Crippen molar-refractivity contribution in [3.63, 3.8) is 0 Å². The van der Waals surface area contributed by atoms with Crippen molar-refractivity contribution in [3.8, 4) is 11.5 Å². The van der Waals surface area contributed by atoms with Gasteiger partial charge in [-0.2, -0.15) is 0 Å². The number of benzene rings is 2. The number of aromatic nitrogens is 1. The second kappa shape index (κ2) is 11.8. The molecule has 0 radical (unpaired) electrons. The largest absolute Gasteiger partial charge is 0.493 e. The van der Waals surface area contributed by atoms with Crippen molar-refractivity contribution >= 4 is 5.96 Å². The van der Waals surface area contributed by atoms with E-state index < -0.39 is 0 Å². The highest BCUT2D eigenvalue weighted by Crippen LogP contribution is 2.29. The van der Waals surface area contributed by atoms with E-state index >= 15 is 0 Å². The average molecular weight is 437 g/mol. The fraction of sp³-hybridized carbons (Fsp3) is 0.360. The van der Waals surface area contributed by atoms with E-state index in [1.165, 1.54) is 0 Å². The van der Waals surface area contributed by atoms with E-state index in [1.807, 2.05) is 61.5 Å². The Balaban J connectivity index is 1.61. The molecule has 0 unspecified atom stereocenters. The first-order valence-electron chi connectivity index (χ1n) is 10.9. The lowest BCUT2D eigenvalue weighted by Gasteiger charge is -2.13. The Hall–Kier alpha value is -3.48. The first-order chi connectivity index (χ1) is 15.6. The van der Waals surface area contributed by atoms with Crippen LogP contribution in [0.2, 0.25) is 0 Å². The Labute approximate surface area is 189 Å². The van der Waals surface area contributed by atoms with Gasteiger partial charge in [0.2, 0.25) is 0 Å². The molecule has 1 aromatic heterocycles. The quantitative estimate of drug-likeness (QED) is 0.356. The second-order valence-corrected chi connectivity index (χ2v) is 7.68. The molecule has 0 saturated heterocycles. The molecule has 7 heteroatoms. The van der Waals surface area contributed by atoms with Gasteiger partial charge in [0.05, 0.1) is 25.9 Å². The van der Waals surface area contributed by atoms with Crippen molar-refractivity contribution in [2.45, 2.75) is 46.4 Å². The summed E-state index contributed by atoms with van der Waals surface area (Å²) in [4.78, 5) is 4.68. The summed E-state index contributed by atoms with van der Waals surface area (Å²) in [6.45, 7) is 8.47. The van der Waals surface area contributed by atoms with Gasteiger partial charge >= 0.3 is 0 Å². The number of hydrogen-bond donors (Lipinski definition) is 2. The molecule has 1 heterocycles. The fourth-order valence-electron chi connectivity index (χ4n) is 3.03. The lowest BCUT2D eigenvalue weighted by Crippen LogP contribution is -2.36. The Kier molecular flexibility index (Phi) is 8.54. The van der Waals surface area contributed by atoms with Crippen LogP contribution in [0.5, 0.6) is 11.5 Å². The summed E-state index contributed by atoms with van der Waals surface area (Å²) in [6, 6.07) is 17.9. The highest BCUT2D eigenvalue weighted by molar-refractivity contribution is 5.79. The minimum atomic E-state index is 0.337. The van der Waals surface area contributed by atoms with E-state index in [9.17, 15) is 0 Å². The minimum Gasteiger partial charge on any atom is -0.493 e. The molecule has 0 atom stereocenters. The minimum absolute atomic E-state index is 0.337. The predicted octanol–water partition coefficient (Wildman–Crippen LogP) is 4.64. The molecule has 0 aliphatic rings. The molecule has 7 nitrogen and oxygen atoms in total. The van der Waals surface area contributed by atoms with Crippen LogP contribution in [0.3, 0.4) is 0 Å². The van der Waals surface area contributed by atoms with E-state index in [0.29, 0.717) is 43.1 Å². The molecule has 0 amide bonds. The lowest BCUT2D eigenvalue weighted by atomic mass is 10.1. The number of guanidine groups is 1. The van der Waals surface area contributed by atoms with E-state index in [2.05, 4.69) is 34.6 Å². The number of methoxy groups -OCH3 is 1. The summed E-state index contributed by atoms with van der Waals surface area (Å²) in [6.07, 6.45) is 0. The van der Waals surface area contributed by atoms with Crippen molar-refractivity contribution in [1.29, 1.82) is 0 Å². The Morgan fingerprint density at radius 1 is 1.03 bits per heavy atom. The van der Waals surface area contributed by atoms with Crippen molar-refractivity contribution in [2.75, 3.05) is 13.7 Å². The highest BCUT2D eigenvalue weighted by atomic mass is 16.5. The molecule has 3 rings (SSSR count). The number of ether oxygens (including phenoxy) is 2. The third kappa shape index (κ3) is 6.77. The van der Waals surface area contributed by atoms with Crippen molar-refractivity contribution in [1.82, 2.24) is 15.8 Å². The molecule has 170 valence electrons. The van der Waals surface area contributed by atoms with Gasteiger partial charge in [-0.15, -0.1) is 0 Å². The van der Waals surface area contributed by atoms with Crippen molar-refractivity contribution < 1.29 is 14.0 Å². The number of hydrogen-bond acceptors (Lipinski definition) is 5. The molecular weight excluding hydrogens is 404 g/mol. The predicted molar refractivity (Wildman–Crippen MR) is 126 cm³/mol. The zero-order chi connectivity index (χ0) is 22.8. The summed E-state index contributed by atoms with van der Waals surface area (Å²) < 4.78 is 16.9. The monoisotopic (exact) mass is 436 g/mol. The molecule has 0 saturated carbocycles. The van der Waals surface area contributed by atoms with Crippen LogP contribution in [0.4, 0.5) is 0 Å². The maximum atomic E-state index is 5.94. The first kappa shape index (κ1) is 23.2. The molecule has 2 N–H and O–H groups in total. The summed E-state index contributed by atoms with van der Waals surface area (Å²) in [5, 5.41) is 10.6. The van der Waals surface area contributed by atoms with E-state index in [1.54, 1.807) is 7.11 Å². The Bertz CT molecular complexity index is 999. The number of rotatable bonds is 10. The van der Waals surface area contributed by atoms with Crippen molar-refractivity contribution in [2.24, 2.45) is 4.99 Å². The van der Waals surface area contributed by atoms with Crippen LogP contribution >= 0.6 is 0 Å². The summed E-state index contributed by atoms with van der Waals surface area (Å²) >= 11 is 0. The third-order valence-electron chi connectivity index (χ3n) is 4.83. The fourth-order valence-corrected chi connectivity index (χ4v) is 3.03. The first-order valence-corrected chi connectivity index (χ1v) is 10.9. The summed E-state index contributed by atoms with van der Waals surface area (Å²) in [7, 11) is 1.65. The SMILES string of the molecule is CCNC(=NCc1ccc(OCc2ccccc2)c(OC)c1)NCc1cc(C(C)C)no1. The molecule has 3 aromatic rings. The van der Waals surface area contributed by atoms with Gasteiger partial charge < -0.3 is 24.6 Å². The van der Waals surface area contributed by atoms with Gasteiger partial charge in [-0.3, -0.25) is 0 Å².